The molecule has 0 bridgehead atoms. The van der Waals surface area contributed by atoms with Gasteiger partial charge in [0, 0.05) is 16.5 Å². The number of esters is 2. The van der Waals surface area contributed by atoms with Crippen LogP contribution < -0.4 is 16.6 Å². The number of carboxylic acids is 1. The molecule has 3 aromatic rings. The highest BCUT2D eigenvalue weighted by Crippen LogP contribution is 2.42. The summed E-state index contributed by atoms with van der Waals surface area (Å²) in [4.78, 5) is 69.7. The fourth-order valence-corrected chi connectivity index (χ4v) is 6.21. The molecule has 3 atom stereocenters. The van der Waals surface area contributed by atoms with Crippen LogP contribution in [-0.2, 0) is 53.8 Å². The molecule has 0 spiro atoms. The predicted octanol–water partition coefficient (Wildman–Crippen LogP) is 2.23. The number of carbonyl (C=O) groups is 4. The Labute approximate surface area is 258 Å². The SMILES string of the molecule is CCc1c2c(nc3ccc(O)cc13)-c1cc3c(c(=O)n1C2)COC(=O)[C@@]3(CC)OC(=O)C[C@H](NC(=O)[C@@H](N)CC(C)C)C(=O)O. The molecule has 2 aromatic heterocycles. The Morgan fingerprint density at radius 3 is 2.56 bits per heavy atom. The van der Waals surface area contributed by atoms with Crippen LogP contribution in [0.4, 0.5) is 0 Å². The maximum Gasteiger partial charge on any atom is 0.355 e. The molecule has 45 heavy (non-hydrogen) atoms. The first kappa shape index (κ1) is 31.6. The molecule has 1 amide bonds. The Morgan fingerprint density at radius 1 is 1.18 bits per heavy atom. The number of hydrogen-bond donors (Lipinski definition) is 4. The van der Waals surface area contributed by atoms with Gasteiger partial charge in [0.2, 0.25) is 11.5 Å². The zero-order valence-electron chi connectivity index (χ0n) is 25.5. The first-order valence-electron chi connectivity index (χ1n) is 14.9. The van der Waals surface area contributed by atoms with Crippen LogP contribution in [0.3, 0.4) is 0 Å². The number of pyridine rings is 2. The Balaban J connectivity index is 1.53. The molecule has 2 aliphatic rings. The zero-order chi connectivity index (χ0) is 32.8. The number of fused-ring (bicyclic) bond motifs is 5. The Hall–Kier alpha value is -4.78. The monoisotopic (exact) mass is 620 g/mol. The van der Waals surface area contributed by atoms with Crippen LogP contribution in [0.5, 0.6) is 5.75 Å². The number of benzene rings is 1. The minimum atomic E-state index is -2.04. The molecule has 0 unspecified atom stereocenters. The van der Waals surface area contributed by atoms with E-state index in [1.165, 1.54) is 10.6 Å². The number of ether oxygens (including phenoxy) is 2. The van der Waals surface area contributed by atoms with Crippen molar-refractivity contribution in [1.82, 2.24) is 14.9 Å². The number of carboxylic acid groups (broad SMARTS) is 1. The maximum absolute atomic E-state index is 13.9. The van der Waals surface area contributed by atoms with Gasteiger partial charge in [-0.1, -0.05) is 27.7 Å². The van der Waals surface area contributed by atoms with Crippen LogP contribution in [0.1, 0.15) is 69.2 Å². The van der Waals surface area contributed by atoms with Crippen molar-refractivity contribution in [3.63, 3.8) is 0 Å². The molecule has 0 saturated carbocycles. The highest BCUT2D eigenvalue weighted by Gasteiger charge is 2.51. The lowest BCUT2D eigenvalue weighted by atomic mass is 9.85. The average Bonchev–Trinajstić information content (AvgIpc) is 3.35. The second-order valence-electron chi connectivity index (χ2n) is 11.9. The molecule has 13 heteroatoms. The lowest BCUT2D eigenvalue weighted by molar-refractivity contribution is -0.190. The number of nitrogens with zero attached hydrogens (tertiary/aromatic N) is 2. The number of phenols is 1. The van der Waals surface area contributed by atoms with Crippen molar-refractivity contribution < 1.29 is 38.9 Å². The number of aliphatic carboxylic acids is 1. The Morgan fingerprint density at radius 2 is 1.91 bits per heavy atom. The van der Waals surface area contributed by atoms with Crippen molar-refractivity contribution >= 4 is 34.7 Å². The third-order valence-corrected chi connectivity index (χ3v) is 8.45. The molecule has 0 radical (unpaired) electrons. The van der Waals surface area contributed by atoms with Crippen molar-refractivity contribution in [2.24, 2.45) is 11.7 Å². The van der Waals surface area contributed by atoms with Gasteiger partial charge < -0.3 is 35.3 Å². The first-order valence-corrected chi connectivity index (χ1v) is 14.9. The van der Waals surface area contributed by atoms with Gasteiger partial charge in [-0.3, -0.25) is 14.4 Å². The number of aryl methyl sites for hydroxylation is 1. The third-order valence-electron chi connectivity index (χ3n) is 8.45. The molecular weight excluding hydrogens is 584 g/mol. The quantitative estimate of drug-likeness (QED) is 0.190. The standard InChI is InChI=1S/C32H36N4O9/c1-5-17-18-10-16(37)7-8-23(18)34-27-19(17)13-36-25(27)11-21-20(29(36)40)14-44-31(43)32(21,6-2)45-26(38)12-24(30(41)42)35-28(39)22(33)9-15(3)4/h7-8,10-11,15,22,24,37H,5-6,9,12-14,33H2,1-4H3,(H,35,39)(H,41,42)/t22-,24-,32-/m0/s1. The number of amides is 1. The summed E-state index contributed by atoms with van der Waals surface area (Å²) < 4.78 is 12.6. The van der Waals surface area contributed by atoms with E-state index in [2.05, 4.69) is 5.32 Å². The number of nitrogens with one attached hydrogen (secondary N) is 1. The van der Waals surface area contributed by atoms with Crippen LogP contribution in [0, 0.1) is 5.92 Å². The van der Waals surface area contributed by atoms with E-state index in [4.69, 9.17) is 20.2 Å². The molecule has 0 saturated heterocycles. The minimum absolute atomic E-state index is 0.0779. The fourth-order valence-electron chi connectivity index (χ4n) is 6.21. The van der Waals surface area contributed by atoms with Crippen LogP contribution in [0.25, 0.3) is 22.3 Å². The molecule has 0 aliphatic carbocycles. The predicted molar refractivity (Wildman–Crippen MR) is 161 cm³/mol. The van der Waals surface area contributed by atoms with Crippen molar-refractivity contribution in [2.45, 2.75) is 84.2 Å². The zero-order valence-corrected chi connectivity index (χ0v) is 25.5. The molecule has 1 aromatic carbocycles. The van der Waals surface area contributed by atoms with Gasteiger partial charge in [0.05, 0.1) is 41.5 Å². The lowest BCUT2D eigenvalue weighted by Crippen LogP contribution is -2.51. The van der Waals surface area contributed by atoms with Crippen LogP contribution in [-0.4, -0.2) is 55.7 Å². The van der Waals surface area contributed by atoms with Gasteiger partial charge in [0.15, 0.2) is 0 Å². The maximum atomic E-state index is 13.9. The third kappa shape index (κ3) is 5.52. The molecule has 2 aliphatic heterocycles. The molecule has 0 fully saturated rings. The van der Waals surface area contributed by atoms with Crippen LogP contribution >= 0.6 is 0 Å². The summed E-state index contributed by atoms with van der Waals surface area (Å²) in [6.45, 7) is 7.14. The summed E-state index contributed by atoms with van der Waals surface area (Å²) in [7, 11) is 0. The van der Waals surface area contributed by atoms with Gasteiger partial charge >= 0.3 is 17.9 Å². The topological polar surface area (TPSA) is 200 Å². The molecular formula is C32H36N4O9. The number of aromatic nitrogens is 2. The van der Waals surface area contributed by atoms with E-state index >= 15 is 0 Å². The lowest BCUT2D eigenvalue weighted by Gasteiger charge is -2.36. The van der Waals surface area contributed by atoms with Gasteiger partial charge in [-0.05, 0) is 55.0 Å². The second-order valence-corrected chi connectivity index (χ2v) is 11.9. The molecule has 4 heterocycles. The van der Waals surface area contributed by atoms with E-state index < -0.39 is 53.5 Å². The second kappa shape index (κ2) is 12.0. The van der Waals surface area contributed by atoms with Crippen LogP contribution in [0.2, 0.25) is 0 Å². The largest absolute Gasteiger partial charge is 0.508 e. The van der Waals surface area contributed by atoms with E-state index in [9.17, 15) is 34.2 Å². The molecule has 13 nitrogen and oxygen atoms in total. The van der Waals surface area contributed by atoms with Gasteiger partial charge in [0.25, 0.3) is 5.56 Å². The van der Waals surface area contributed by atoms with E-state index in [-0.39, 0.29) is 42.4 Å². The average molecular weight is 621 g/mol. The highest BCUT2D eigenvalue weighted by atomic mass is 16.6. The number of carbonyl (C=O) groups excluding carboxylic acids is 3. The summed E-state index contributed by atoms with van der Waals surface area (Å²) >= 11 is 0. The smallest absolute Gasteiger partial charge is 0.355 e. The van der Waals surface area contributed by atoms with E-state index in [1.54, 1.807) is 25.1 Å². The summed E-state index contributed by atoms with van der Waals surface area (Å²) in [5.74, 6) is -4.05. The van der Waals surface area contributed by atoms with Gasteiger partial charge in [-0.25, -0.2) is 14.6 Å². The summed E-state index contributed by atoms with van der Waals surface area (Å²) in [5, 5.41) is 22.9. The Bertz CT molecular complexity index is 1800. The Kier molecular flexibility index (Phi) is 8.41. The number of cyclic esters (lactones) is 1. The number of hydrogen-bond acceptors (Lipinski definition) is 10. The van der Waals surface area contributed by atoms with Crippen molar-refractivity contribution in [3.05, 3.63) is 56.9 Å². The number of rotatable bonds is 10. The van der Waals surface area contributed by atoms with E-state index in [0.29, 0.717) is 29.7 Å². The minimum Gasteiger partial charge on any atom is -0.508 e. The normalized spacial score (nSPS) is 18.0. The summed E-state index contributed by atoms with van der Waals surface area (Å²) in [6.07, 6.45) is -0.00373. The summed E-state index contributed by atoms with van der Waals surface area (Å²) in [5.41, 5.74) is 6.96. The molecule has 5 N–H and O–H groups in total. The molecule has 238 valence electrons. The molecule has 5 rings (SSSR count). The van der Waals surface area contributed by atoms with Gasteiger partial charge in [0.1, 0.15) is 18.4 Å². The first-order chi connectivity index (χ1) is 21.3. The van der Waals surface area contributed by atoms with Gasteiger partial charge in [-0.15, -0.1) is 0 Å². The van der Waals surface area contributed by atoms with Crippen molar-refractivity contribution in [3.8, 4) is 17.1 Å². The van der Waals surface area contributed by atoms with E-state index in [0.717, 1.165) is 16.5 Å². The highest BCUT2D eigenvalue weighted by molar-refractivity contribution is 5.92. The van der Waals surface area contributed by atoms with Crippen LogP contribution in [0.15, 0.2) is 29.1 Å². The van der Waals surface area contributed by atoms with Crippen molar-refractivity contribution in [1.29, 1.82) is 0 Å². The summed E-state index contributed by atoms with van der Waals surface area (Å²) in [6, 6.07) is 3.81. The van der Waals surface area contributed by atoms with E-state index in [1.807, 2.05) is 20.8 Å². The van der Waals surface area contributed by atoms with Crippen molar-refractivity contribution in [2.75, 3.05) is 0 Å². The fraction of sp³-hybridized carbons (Fsp3) is 0.438. The number of phenolic OH excluding ortho intramolecular Hbond substituents is 1. The number of aromatic hydroxyl groups is 1. The number of nitrogens with two attached hydrogens (primary N) is 1. The van der Waals surface area contributed by atoms with Gasteiger partial charge in [-0.2, -0.15) is 0 Å².